The molecule has 24 heavy (non-hydrogen) atoms. The maximum atomic E-state index is 11.7. The summed E-state index contributed by atoms with van der Waals surface area (Å²) in [7, 11) is -1.98. The second kappa shape index (κ2) is 7.95. The summed E-state index contributed by atoms with van der Waals surface area (Å²) in [5, 5.41) is 11.5. The average molecular weight is 374 g/mol. The van der Waals surface area contributed by atoms with Crippen LogP contribution in [0.15, 0.2) is 21.3 Å². The van der Waals surface area contributed by atoms with Crippen LogP contribution in [0.5, 0.6) is 0 Å². The molecule has 1 aromatic heterocycles. The van der Waals surface area contributed by atoms with Crippen molar-refractivity contribution in [3.63, 3.8) is 0 Å². The highest BCUT2D eigenvalue weighted by molar-refractivity contribution is 7.91. The van der Waals surface area contributed by atoms with Crippen molar-refractivity contribution in [2.24, 2.45) is 10.1 Å². The van der Waals surface area contributed by atoms with Gasteiger partial charge in [0.25, 0.3) is 0 Å². The SMILES string of the molecule is CCC(=O)N1CCC(NC(=NC)NCc2ccc(S(N)(=O)=O)s2)C1. The van der Waals surface area contributed by atoms with Crippen LogP contribution in [0.2, 0.25) is 0 Å². The van der Waals surface area contributed by atoms with Crippen molar-refractivity contribution >= 4 is 33.2 Å². The summed E-state index contributed by atoms with van der Waals surface area (Å²) in [6.45, 7) is 3.73. The molecule has 2 heterocycles. The summed E-state index contributed by atoms with van der Waals surface area (Å²) in [5.41, 5.74) is 0. The highest BCUT2D eigenvalue weighted by Gasteiger charge is 2.25. The van der Waals surface area contributed by atoms with Gasteiger partial charge in [0.05, 0.1) is 6.54 Å². The van der Waals surface area contributed by atoms with Crippen LogP contribution < -0.4 is 15.8 Å². The van der Waals surface area contributed by atoms with Crippen molar-refractivity contribution in [1.29, 1.82) is 0 Å². The van der Waals surface area contributed by atoms with Crippen molar-refractivity contribution in [3.05, 3.63) is 17.0 Å². The van der Waals surface area contributed by atoms with Gasteiger partial charge >= 0.3 is 0 Å². The van der Waals surface area contributed by atoms with Gasteiger partial charge in [-0.05, 0) is 18.6 Å². The second-order valence-electron chi connectivity index (χ2n) is 5.51. The third kappa shape index (κ3) is 4.92. The number of nitrogens with one attached hydrogen (secondary N) is 2. The fourth-order valence-corrected chi connectivity index (χ4v) is 4.21. The van der Waals surface area contributed by atoms with E-state index in [-0.39, 0.29) is 16.2 Å². The predicted octanol–water partition coefficient (Wildman–Crippen LogP) is 0.0714. The lowest BCUT2D eigenvalue weighted by Gasteiger charge is -2.18. The lowest BCUT2D eigenvalue weighted by molar-refractivity contribution is -0.129. The number of primary sulfonamides is 1. The molecular weight excluding hydrogens is 350 g/mol. The van der Waals surface area contributed by atoms with E-state index in [1.807, 2.05) is 11.8 Å². The standard InChI is InChI=1S/C14H23N5O3S2/c1-3-12(20)19-7-6-10(9-19)18-14(16-2)17-8-11-4-5-13(23-11)24(15,21)22/h4-5,10H,3,6-9H2,1-2H3,(H2,15,21,22)(H2,16,17,18). The first kappa shape index (κ1) is 18.7. The van der Waals surface area contributed by atoms with Crippen LogP contribution in [0.3, 0.4) is 0 Å². The topological polar surface area (TPSA) is 117 Å². The third-order valence-electron chi connectivity index (χ3n) is 3.76. The molecule has 10 heteroatoms. The van der Waals surface area contributed by atoms with Gasteiger partial charge in [-0.1, -0.05) is 6.92 Å². The molecule has 2 rings (SSSR count). The minimum atomic E-state index is -3.65. The first-order valence-electron chi connectivity index (χ1n) is 7.70. The second-order valence-corrected chi connectivity index (χ2v) is 8.47. The average Bonchev–Trinajstić information content (AvgIpc) is 3.19. The lowest BCUT2D eigenvalue weighted by atomic mass is 10.3. The van der Waals surface area contributed by atoms with Gasteiger partial charge in [-0.2, -0.15) is 0 Å². The van der Waals surface area contributed by atoms with Crippen LogP contribution in [0.4, 0.5) is 0 Å². The summed E-state index contributed by atoms with van der Waals surface area (Å²) >= 11 is 1.13. The van der Waals surface area contributed by atoms with Gasteiger partial charge < -0.3 is 15.5 Å². The predicted molar refractivity (Wildman–Crippen MR) is 94.3 cm³/mol. The number of rotatable bonds is 5. The Morgan fingerprint density at radius 3 is 2.83 bits per heavy atom. The number of likely N-dealkylation sites (tertiary alicyclic amines) is 1. The molecule has 1 aliphatic rings. The number of aliphatic imine (C=N–C) groups is 1. The minimum Gasteiger partial charge on any atom is -0.352 e. The van der Waals surface area contributed by atoms with E-state index >= 15 is 0 Å². The van der Waals surface area contributed by atoms with E-state index in [4.69, 9.17) is 5.14 Å². The molecule has 1 unspecified atom stereocenters. The molecule has 4 N–H and O–H groups in total. The zero-order valence-corrected chi connectivity index (χ0v) is 15.4. The molecule has 0 aromatic carbocycles. The van der Waals surface area contributed by atoms with Crippen LogP contribution in [-0.4, -0.2) is 51.4 Å². The van der Waals surface area contributed by atoms with Gasteiger partial charge in [-0.25, -0.2) is 13.6 Å². The minimum absolute atomic E-state index is 0.145. The van der Waals surface area contributed by atoms with Gasteiger partial charge in [-0.3, -0.25) is 9.79 Å². The summed E-state index contributed by atoms with van der Waals surface area (Å²) < 4.78 is 22.7. The maximum absolute atomic E-state index is 11.7. The van der Waals surface area contributed by atoms with Crippen LogP contribution in [0, 0.1) is 0 Å². The number of guanidine groups is 1. The molecule has 1 aromatic rings. The fraction of sp³-hybridized carbons (Fsp3) is 0.571. The molecule has 134 valence electrons. The van der Waals surface area contributed by atoms with Gasteiger partial charge in [0.1, 0.15) is 4.21 Å². The molecular formula is C14H23N5O3S2. The Morgan fingerprint density at radius 2 is 2.25 bits per heavy atom. The van der Waals surface area contributed by atoms with Crippen LogP contribution in [0.25, 0.3) is 0 Å². The molecule has 1 amide bonds. The number of sulfonamides is 1. The number of hydrogen-bond donors (Lipinski definition) is 3. The molecule has 8 nitrogen and oxygen atoms in total. The lowest BCUT2D eigenvalue weighted by Crippen LogP contribution is -2.44. The van der Waals surface area contributed by atoms with Crippen molar-refractivity contribution in [3.8, 4) is 0 Å². The molecule has 0 aliphatic carbocycles. The van der Waals surface area contributed by atoms with Gasteiger partial charge in [0.2, 0.25) is 15.9 Å². The first-order valence-corrected chi connectivity index (χ1v) is 10.1. The zero-order valence-electron chi connectivity index (χ0n) is 13.8. The Hall–Kier alpha value is -1.65. The Bertz CT molecular complexity index is 714. The smallest absolute Gasteiger partial charge is 0.247 e. The van der Waals surface area contributed by atoms with E-state index in [0.29, 0.717) is 25.5 Å². The maximum Gasteiger partial charge on any atom is 0.247 e. The Balaban J connectivity index is 1.85. The number of thiophene rings is 1. The summed E-state index contributed by atoms with van der Waals surface area (Å²) in [6.07, 6.45) is 1.39. The molecule has 0 spiro atoms. The van der Waals surface area contributed by atoms with E-state index in [2.05, 4.69) is 15.6 Å². The molecule has 0 radical (unpaired) electrons. The highest BCUT2D eigenvalue weighted by Crippen LogP contribution is 2.20. The fourth-order valence-electron chi connectivity index (χ4n) is 2.49. The van der Waals surface area contributed by atoms with Gasteiger partial charge in [-0.15, -0.1) is 11.3 Å². The molecule has 1 aliphatic heterocycles. The summed E-state index contributed by atoms with van der Waals surface area (Å²) in [5.74, 6) is 0.785. The van der Waals surface area contributed by atoms with E-state index in [0.717, 1.165) is 29.2 Å². The Kier molecular flexibility index (Phi) is 6.19. The van der Waals surface area contributed by atoms with Crippen LogP contribution in [-0.2, 0) is 21.4 Å². The monoisotopic (exact) mass is 373 g/mol. The van der Waals surface area contributed by atoms with Crippen molar-refractivity contribution in [2.75, 3.05) is 20.1 Å². The van der Waals surface area contributed by atoms with E-state index in [1.165, 1.54) is 6.07 Å². The number of hydrogen-bond acceptors (Lipinski definition) is 5. The Labute approximate surface area is 146 Å². The number of carbonyl (C=O) groups is 1. The number of carbonyl (C=O) groups excluding carboxylic acids is 1. The summed E-state index contributed by atoms with van der Waals surface area (Å²) in [6, 6.07) is 3.38. The number of nitrogens with zero attached hydrogens (tertiary/aromatic N) is 2. The largest absolute Gasteiger partial charge is 0.352 e. The molecule has 1 atom stereocenters. The van der Waals surface area contributed by atoms with Crippen LogP contribution >= 0.6 is 11.3 Å². The van der Waals surface area contributed by atoms with Crippen molar-refractivity contribution < 1.29 is 13.2 Å². The number of amides is 1. The molecule has 0 saturated carbocycles. The zero-order chi connectivity index (χ0) is 17.7. The van der Waals surface area contributed by atoms with E-state index in [9.17, 15) is 13.2 Å². The van der Waals surface area contributed by atoms with Crippen LogP contribution in [0.1, 0.15) is 24.6 Å². The van der Waals surface area contributed by atoms with Gasteiger partial charge in [0, 0.05) is 37.5 Å². The highest BCUT2D eigenvalue weighted by atomic mass is 32.2. The normalized spacial score (nSPS) is 18.7. The summed E-state index contributed by atoms with van der Waals surface area (Å²) in [4.78, 5) is 18.6. The van der Waals surface area contributed by atoms with E-state index in [1.54, 1.807) is 13.1 Å². The quantitative estimate of drug-likeness (QED) is 0.499. The van der Waals surface area contributed by atoms with Crippen molar-refractivity contribution in [1.82, 2.24) is 15.5 Å². The molecule has 0 bridgehead atoms. The van der Waals surface area contributed by atoms with Crippen molar-refractivity contribution in [2.45, 2.75) is 36.6 Å². The van der Waals surface area contributed by atoms with Gasteiger partial charge in [0.15, 0.2) is 5.96 Å². The number of nitrogens with two attached hydrogens (primary N) is 1. The van der Waals surface area contributed by atoms with E-state index < -0.39 is 10.0 Å². The molecule has 1 fully saturated rings. The first-order chi connectivity index (χ1) is 11.3. The molecule has 1 saturated heterocycles. The Morgan fingerprint density at radius 1 is 1.50 bits per heavy atom. The third-order valence-corrected chi connectivity index (χ3v) is 6.28.